The second-order valence-corrected chi connectivity index (χ2v) is 5.10. The van der Waals surface area contributed by atoms with Crippen LogP contribution in [0.5, 0.6) is 0 Å². The Kier molecular flexibility index (Phi) is 2.79. The summed E-state index contributed by atoms with van der Waals surface area (Å²) in [5.74, 6) is 0.139. The molecule has 76 valence electrons. The average Bonchev–Trinajstić information content (AvgIpc) is 2.73. The van der Waals surface area contributed by atoms with Gasteiger partial charge in [0.05, 0.1) is 10.3 Å². The highest BCUT2D eigenvalue weighted by Crippen LogP contribution is 2.22. The molecule has 2 heterocycles. The predicted octanol–water partition coefficient (Wildman–Crippen LogP) is 2.51. The highest BCUT2D eigenvalue weighted by molar-refractivity contribution is 7.12. The average molecular weight is 230 g/mol. The normalized spacial score (nSPS) is 21.6. The Morgan fingerprint density at radius 2 is 2.50 bits per heavy atom. The molecule has 1 atom stereocenters. The second kappa shape index (κ2) is 3.91. The smallest absolute Gasteiger partial charge is 0.264 e. The molecule has 1 aliphatic heterocycles. The zero-order valence-corrected chi connectivity index (χ0v) is 9.57. The summed E-state index contributed by atoms with van der Waals surface area (Å²) in [5, 5.41) is 2.09. The summed E-state index contributed by atoms with van der Waals surface area (Å²) in [6.45, 7) is 3.46. The van der Waals surface area contributed by atoms with E-state index in [1.54, 1.807) is 0 Å². The minimum atomic E-state index is 0.138. The Labute approximate surface area is 92.5 Å². The molecule has 1 aromatic rings. The van der Waals surface area contributed by atoms with Gasteiger partial charge in [-0.2, -0.15) is 0 Å². The Bertz CT molecular complexity index is 350. The molecule has 0 bridgehead atoms. The summed E-state index contributed by atoms with van der Waals surface area (Å²) >= 11 is 7.47. The number of thiophene rings is 1. The van der Waals surface area contributed by atoms with Gasteiger partial charge >= 0.3 is 0 Å². The van der Waals surface area contributed by atoms with Crippen LogP contribution < -0.4 is 0 Å². The molecule has 1 aromatic heterocycles. The van der Waals surface area contributed by atoms with E-state index in [0.29, 0.717) is 6.54 Å². The molecule has 1 fully saturated rings. The van der Waals surface area contributed by atoms with E-state index in [1.807, 2.05) is 23.3 Å². The van der Waals surface area contributed by atoms with Crippen molar-refractivity contribution in [2.45, 2.75) is 18.7 Å². The third-order valence-corrected chi connectivity index (χ3v) is 3.83. The molecule has 0 aliphatic carbocycles. The van der Waals surface area contributed by atoms with Crippen LogP contribution in [0, 0.1) is 6.92 Å². The largest absolute Gasteiger partial charge is 0.336 e. The van der Waals surface area contributed by atoms with Crippen molar-refractivity contribution in [1.29, 1.82) is 0 Å². The van der Waals surface area contributed by atoms with Gasteiger partial charge in [-0.3, -0.25) is 4.79 Å². The Hall–Kier alpha value is -0.540. The molecular weight excluding hydrogens is 218 g/mol. The zero-order chi connectivity index (χ0) is 10.1. The van der Waals surface area contributed by atoms with E-state index in [9.17, 15) is 4.79 Å². The van der Waals surface area contributed by atoms with Crippen molar-refractivity contribution in [3.8, 4) is 0 Å². The molecule has 2 nitrogen and oxygen atoms in total. The van der Waals surface area contributed by atoms with Crippen molar-refractivity contribution in [1.82, 2.24) is 4.90 Å². The quantitative estimate of drug-likeness (QED) is 0.678. The molecule has 0 radical (unpaired) electrons. The molecule has 1 amide bonds. The molecule has 1 aliphatic rings. The van der Waals surface area contributed by atoms with Crippen molar-refractivity contribution in [3.05, 3.63) is 21.9 Å². The summed E-state index contributed by atoms with van der Waals surface area (Å²) in [5.41, 5.74) is 1.07. The van der Waals surface area contributed by atoms with E-state index in [-0.39, 0.29) is 11.3 Å². The SMILES string of the molecule is Cc1ccsc1C(=O)N1CCC(Cl)C1. The topological polar surface area (TPSA) is 20.3 Å². The molecular formula is C10H12ClNOS. The highest BCUT2D eigenvalue weighted by Gasteiger charge is 2.26. The van der Waals surface area contributed by atoms with E-state index >= 15 is 0 Å². The number of amides is 1. The highest BCUT2D eigenvalue weighted by atomic mass is 35.5. The third-order valence-electron chi connectivity index (χ3n) is 2.47. The lowest BCUT2D eigenvalue weighted by atomic mass is 10.3. The van der Waals surface area contributed by atoms with Crippen LogP contribution in [0.1, 0.15) is 21.7 Å². The number of likely N-dealkylation sites (tertiary alicyclic amines) is 1. The lowest BCUT2D eigenvalue weighted by Crippen LogP contribution is -2.28. The van der Waals surface area contributed by atoms with Gasteiger partial charge in [0.15, 0.2) is 0 Å². The van der Waals surface area contributed by atoms with Gasteiger partial charge in [-0.25, -0.2) is 0 Å². The van der Waals surface area contributed by atoms with Gasteiger partial charge < -0.3 is 4.90 Å². The van der Waals surface area contributed by atoms with E-state index in [4.69, 9.17) is 11.6 Å². The number of hydrogen-bond acceptors (Lipinski definition) is 2. The second-order valence-electron chi connectivity index (χ2n) is 3.57. The number of rotatable bonds is 1. The third kappa shape index (κ3) is 1.79. The first kappa shape index (κ1) is 9.99. The predicted molar refractivity (Wildman–Crippen MR) is 59.2 cm³/mol. The lowest BCUT2D eigenvalue weighted by Gasteiger charge is -2.14. The maximum Gasteiger partial charge on any atom is 0.264 e. The van der Waals surface area contributed by atoms with Gasteiger partial charge in [-0.1, -0.05) is 0 Å². The number of carbonyl (C=O) groups excluding carboxylic acids is 1. The van der Waals surface area contributed by atoms with Crippen LogP contribution in [-0.4, -0.2) is 29.3 Å². The first-order valence-corrected chi connectivity index (χ1v) is 5.97. The van der Waals surface area contributed by atoms with Crippen molar-refractivity contribution in [2.75, 3.05) is 13.1 Å². The van der Waals surface area contributed by atoms with Crippen molar-refractivity contribution >= 4 is 28.8 Å². The van der Waals surface area contributed by atoms with Gasteiger partial charge in [0.2, 0.25) is 0 Å². The maximum absolute atomic E-state index is 12.0. The van der Waals surface area contributed by atoms with Crippen LogP contribution in [-0.2, 0) is 0 Å². The summed E-state index contributed by atoms with van der Waals surface area (Å²) < 4.78 is 0. The number of alkyl halides is 1. The molecule has 14 heavy (non-hydrogen) atoms. The van der Waals surface area contributed by atoms with E-state index < -0.39 is 0 Å². The van der Waals surface area contributed by atoms with Crippen molar-refractivity contribution in [2.24, 2.45) is 0 Å². The summed E-state index contributed by atoms with van der Waals surface area (Å²) in [7, 11) is 0. The maximum atomic E-state index is 12.0. The number of halogens is 1. The minimum absolute atomic E-state index is 0.138. The van der Waals surface area contributed by atoms with Crippen LogP contribution in [0.25, 0.3) is 0 Å². The summed E-state index contributed by atoms with van der Waals surface area (Å²) in [6, 6.07) is 1.98. The number of carbonyl (C=O) groups is 1. The van der Waals surface area contributed by atoms with E-state index in [1.165, 1.54) is 11.3 Å². The monoisotopic (exact) mass is 229 g/mol. The van der Waals surface area contributed by atoms with Crippen LogP contribution in [0.3, 0.4) is 0 Å². The number of hydrogen-bond donors (Lipinski definition) is 0. The molecule has 1 saturated heterocycles. The zero-order valence-electron chi connectivity index (χ0n) is 8.00. The van der Waals surface area contributed by atoms with Gasteiger partial charge in [-0.05, 0) is 30.4 Å². The molecule has 0 spiro atoms. The van der Waals surface area contributed by atoms with E-state index in [2.05, 4.69) is 0 Å². The first-order chi connectivity index (χ1) is 6.68. The molecule has 0 N–H and O–H groups in total. The summed E-state index contributed by atoms with van der Waals surface area (Å²) in [4.78, 5) is 14.7. The van der Waals surface area contributed by atoms with E-state index in [0.717, 1.165) is 23.4 Å². The molecule has 1 unspecified atom stereocenters. The van der Waals surface area contributed by atoms with Crippen LogP contribution >= 0.6 is 22.9 Å². The first-order valence-electron chi connectivity index (χ1n) is 4.66. The molecule has 4 heteroatoms. The molecule has 2 rings (SSSR count). The fraction of sp³-hybridized carbons (Fsp3) is 0.500. The van der Waals surface area contributed by atoms with Crippen molar-refractivity contribution < 1.29 is 4.79 Å². The summed E-state index contributed by atoms with van der Waals surface area (Å²) in [6.07, 6.45) is 0.914. The van der Waals surface area contributed by atoms with Gasteiger partial charge in [0, 0.05) is 13.1 Å². The fourth-order valence-corrected chi connectivity index (χ4v) is 2.79. The minimum Gasteiger partial charge on any atom is -0.336 e. The fourth-order valence-electron chi connectivity index (χ4n) is 1.64. The van der Waals surface area contributed by atoms with Gasteiger partial charge in [0.1, 0.15) is 0 Å². The Morgan fingerprint density at radius 1 is 1.71 bits per heavy atom. The number of nitrogens with zero attached hydrogens (tertiary/aromatic N) is 1. The number of aryl methyl sites for hydroxylation is 1. The Balaban J connectivity index is 2.13. The van der Waals surface area contributed by atoms with Crippen LogP contribution in [0.15, 0.2) is 11.4 Å². The Morgan fingerprint density at radius 3 is 3.00 bits per heavy atom. The van der Waals surface area contributed by atoms with Gasteiger partial charge in [-0.15, -0.1) is 22.9 Å². The molecule has 0 saturated carbocycles. The standard InChI is InChI=1S/C10H12ClNOS/c1-7-3-5-14-9(7)10(13)12-4-2-8(11)6-12/h3,5,8H,2,4,6H2,1H3. The lowest BCUT2D eigenvalue weighted by molar-refractivity contribution is 0.0797. The molecule has 0 aromatic carbocycles. The van der Waals surface area contributed by atoms with Crippen LogP contribution in [0.4, 0.5) is 0 Å². The van der Waals surface area contributed by atoms with Crippen molar-refractivity contribution in [3.63, 3.8) is 0 Å². The van der Waals surface area contributed by atoms with Crippen LogP contribution in [0.2, 0.25) is 0 Å². The van der Waals surface area contributed by atoms with Gasteiger partial charge in [0.25, 0.3) is 5.91 Å².